The molecule has 4 rings (SSSR count). The van der Waals surface area contributed by atoms with Crippen molar-refractivity contribution in [3.63, 3.8) is 0 Å². The number of hydrogen-bond acceptors (Lipinski definition) is 3. The number of para-hydroxylation sites is 1. The van der Waals surface area contributed by atoms with E-state index in [1.54, 1.807) is 0 Å². The van der Waals surface area contributed by atoms with Gasteiger partial charge in [-0.3, -0.25) is 4.90 Å². The first-order valence-corrected chi connectivity index (χ1v) is 11.0. The van der Waals surface area contributed by atoms with Gasteiger partial charge in [-0.1, -0.05) is 49.4 Å². The minimum atomic E-state index is -0.0716. The van der Waals surface area contributed by atoms with Crippen LogP contribution in [0.25, 0.3) is 6.08 Å². The van der Waals surface area contributed by atoms with E-state index in [4.69, 9.17) is 9.47 Å². The van der Waals surface area contributed by atoms with E-state index in [-0.39, 0.29) is 5.60 Å². The SMILES string of the molecule is CCC1C=Cc2c(cccc2OCCN2CCC(C)(Oc3ccccc3)CC2)C1. The summed E-state index contributed by atoms with van der Waals surface area (Å²) in [5, 5.41) is 0. The maximum absolute atomic E-state index is 6.28. The van der Waals surface area contributed by atoms with Crippen LogP contribution >= 0.6 is 0 Å². The number of fused-ring (bicyclic) bond motifs is 1. The van der Waals surface area contributed by atoms with Crippen molar-refractivity contribution in [1.29, 1.82) is 0 Å². The smallest absolute Gasteiger partial charge is 0.126 e. The first kappa shape index (κ1) is 20.0. The van der Waals surface area contributed by atoms with Crippen molar-refractivity contribution in [3.05, 3.63) is 65.7 Å². The van der Waals surface area contributed by atoms with Gasteiger partial charge >= 0.3 is 0 Å². The molecule has 2 aliphatic rings. The molecule has 0 N–H and O–H groups in total. The topological polar surface area (TPSA) is 21.7 Å². The zero-order valence-corrected chi connectivity index (χ0v) is 17.8. The number of rotatable bonds is 7. The highest BCUT2D eigenvalue weighted by molar-refractivity contribution is 5.63. The molecule has 1 aliphatic carbocycles. The highest BCUT2D eigenvalue weighted by Crippen LogP contribution is 2.32. The second-order valence-corrected chi connectivity index (χ2v) is 8.62. The summed E-state index contributed by atoms with van der Waals surface area (Å²) in [6.45, 7) is 8.30. The zero-order chi connectivity index (χ0) is 20.1. The number of benzene rings is 2. The Kier molecular flexibility index (Phi) is 6.25. The number of ether oxygens (including phenoxy) is 2. The van der Waals surface area contributed by atoms with E-state index >= 15 is 0 Å². The van der Waals surface area contributed by atoms with Crippen LogP contribution in [0.4, 0.5) is 0 Å². The summed E-state index contributed by atoms with van der Waals surface area (Å²) in [7, 11) is 0. The minimum Gasteiger partial charge on any atom is -0.492 e. The van der Waals surface area contributed by atoms with Gasteiger partial charge in [0, 0.05) is 25.2 Å². The zero-order valence-electron chi connectivity index (χ0n) is 17.8. The van der Waals surface area contributed by atoms with Gasteiger partial charge in [0.05, 0.1) is 0 Å². The van der Waals surface area contributed by atoms with Crippen LogP contribution in [-0.2, 0) is 6.42 Å². The van der Waals surface area contributed by atoms with E-state index in [0.29, 0.717) is 5.92 Å². The van der Waals surface area contributed by atoms with Crippen molar-refractivity contribution < 1.29 is 9.47 Å². The lowest BCUT2D eigenvalue weighted by Gasteiger charge is -2.39. The van der Waals surface area contributed by atoms with Gasteiger partial charge in [0.25, 0.3) is 0 Å². The predicted molar refractivity (Wildman–Crippen MR) is 120 cm³/mol. The molecule has 2 aromatic carbocycles. The lowest BCUT2D eigenvalue weighted by molar-refractivity contribution is 0.0135. The second kappa shape index (κ2) is 9.04. The summed E-state index contributed by atoms with van der Waals surface area (Å²) in [5.41, 5.74) is 2.63. The van der Waals surface area contributed by atoms with E-state index in [1.165, 1.54) is 17.5 Å². The van der Waals surface area contributed by atoms with Gasteiger partial charge in [-0.25, -0.2) is 0 Å². The summed E-state index contributed by atoms with van der Waals surface area (Å²) in [6.07, 6.45) is 9.02. The molecule has 0 amide bonds. The molecule has 3 nitrogen and oxygen atoms in total. The van der Waals surface area contributed by atoms with Crippen molar-refractivity contribution in [3.8, 4) is 11.5 Å². The van der Waals surface area contributed by atoms with E-state index in [1.807, 2.05) is 30.3 Å². The molecule has 0 radical (unpaired) electrons. The molecule has 2 aromatic rings. The van der Waals surface area contributed by atoms with E-state index in [9.17, 15) is 0 Å². The Labute approximate surface area is 175 Å². The van der Waals surface area contributed by atoms with Crippen LogP contribution in [-0.4, -0.2) is 36.7 Å². The predicted octanol–water partition coefficient (Wildman–Crippen LogP) is 5.59. The molecular formula is C26H33NO2. The third-order valence-electron chi connectivity index (χ3n) is 6.38. The number of piperidine rings is 1. The van der Waals surface area contributed by atoms with Crippen molar-refractivity contribution in [2.45, 2.75) is 45.1 Å². The first-order chi connectivity index (χ1) is 14.1. The Bertz CT molecular complexity index is 822. The number of allylic oxidation sites excluding steroid dienone is 1. The van der Waals surface area contributed by atoms with Crippen LogP contribution in [0.15, 0.2) is 54.6 Å². The summed E-state index contributed by atoms with van der Waals surface area (Å²) in [4.78, 5) is 2.49. The highest BCUT2D eigenvalue weighted by atomic mass is 16.5. The molecule has 0 saturated carbocycles. The molecule has 0 spiro atoms. The fraction of sp³-hybridized carbons (Fsp3) is 0.462. The van der Waals surface area contributed by atoms with Gasteiger partial charge in [0.15, 0.2) is 0 Å². The van der Waals surface area contributed by atoms with Gasteiger partial charge in [0.2, 0.25) is 0 Å². The molecule has 1 atom stereocenters. The Morgan fingerprint density at radius 1 is 1.03 bits per heavy atom. The molecule has 3 heteroatoms. The molecule has 0 bridgehead atoms. The van der Waals surface area contributed by atoms with Crippen LogP contribution in [0.3, 0.4) is 0 Å². The fourth-order valence-electron chi connectivity index (χ4n) is 4.36. The molecule has 1 aliphatic heterocycles. The maximum Gasteiger partial charge on any atom is 0.126 e. The monoisotopic (exact) mass is 391 g/mol. The number of likely N-dealkylation sites (tertiary alicyclic amines) is 1. The van der Waals surface area contributed by atoms with Gasteiger partial charge in [0.1, 0.15) is 23.7 Å². The van der Waals surface area contributed by atoms with E-state index < -0.39 is 0 Å². The lowest BCUT2D eigenvalue weighted by atomic mass is 9.88. The Morgan fingerprint density at radius 2 is 1.83 bits per heavy atom. The van der Waals surface area contributed by atoms with E-state index in [2.05, 4.69) is 49.1 Å². The molecule has 0 aromatic heterocycles. The van der Waals surface area contributed by atoms with Gasteiger partial charge in [-0.05, 0) is 62.3 Å². The third kappa shape index (κ3) is 5.02. The van der Waals surface area contributed by atoms with Crippen molar-refractivity contribution in [2.24, 2.45) is 5.92 Å². The largest absolute Gasteiger partial charge is 0.492 e. The second-order valence-electron chi connectivity index (χ2n) is 8.62. The summed E-state index contributed by atoms with van der Waals surface area (Å²) < 4.78 is 12.5. The van der Waals surface area contributed by atoms with Gasteiger partial charge in [-0.15, -0.1) is 0 Å². The lowest BCUT2D eigenvalue weighted by Crippen LogP contribution is -2.47. The molecule has 29 heavy (non-hydrogen) atoms. The summed E-state index contributed by atoms with van der Waals surface area (Å²) in [5.74, 6) is 2.67. The van der Waals surface area contributed by atoms with E-state index in [0.717, 1.165) is 57.0 Å². The van der Waals surface area contributed by atoms with Crippen LogP contribution in [0.5, 0.6) is 11.5 Å². The van der Waals surface area contributed by atoms with Crippen LogP contribution in [0, 0.1) is 5.92 Å². The van der Waals surface area contributed by atoms with Gasteiger partial charge in [-0.2, -0.15) is 0 Å². The van der Waals surface area contributed by atoms with Crippen LogP contribution < -0.4 is 9.47 Å². The molecule has 1 fully saturated rings. The minimum absolute atomic E-state index is 0.0716. The Hall–Kier alpha value is -2.26. The van der Waals surface area contributed by atoms with Crippen molar-refractivity contribution in [1.82, 2.24) is 4.90 Å². The van der Waals surface area contributed by atoms with Crippen LogP contribution in [0.2, 0.25) is 0 Å². The molecule has 1 saturated heterocycles. The Morgan fingerprint density at radius 3 is 2.59 bits per heavy atom. The molecule has 1 unspecified atom stereocenters. The molecular weight excluding hydrogens is 358 g/mol. The average molecular weight is 392 g/mol. The quantitative estimate of drug-likeness (QED) is 0.614. The molecule has 154 valence electrons. The number of hydrogen-bond donors (Lipinski definition) is 0. The first-order valence-electron chi connectivity index (χ1n) is 11.0. The third-order valence-corrected chi connectivity index (χ3v) is 6.38. The normalized spacial score (nSPS) is 20.8. The van der Waals surface area contributed by atoms with Crippen LogP contribution in [0.1, 0.15) is 44.2 Å². The van der Waals surface area contributed by atoms with Crippen molar-refractivity contribution in [2.75, 3.05) is 26.2 Å². The maximum atomic E-state index is 6.28. The summed E-state index contributed by atoms with van der Waals surface area (Å²) in [6, 6.07) is 16.7. The highest BCUT2D eigenvalue weighted by Gasteiger charge is 2.31. The fourth-order valence-corrected chi connectivity index (χ4v) is 4.36. The Balaban J connectivity index is 1.26. The summed E-state index contributed by atoms with van der Waals surface area (Å²) >= 11 is 0. The van der Waals surface area contributed by atoms with Crippen molar-refractivity contribution >= 4 is 6.08 Å². The van der Waals surface area contributed by atoms with Gasteiger partial charge < -0.3 is 9.47 Å². The molecule has 1 heterocycles. The standard InChI is InChI=1S/C26H33NO2/c1-3-21-12-13-24-22(20-21)8-7-11-25(24)28-19-18-27-16-14-26(2,15-17-27)29-23-9-5-4-6-10-23/h4-13,21H,3,14-20H2,1-2H3. The number of nitrogens with zero attached hydrogens (tertiary/aromatic N) is 1. The average Bonchev–Trinajstić information content (AvgIpc) is 2.75.